The van der Waals surface area contributed by atoms with Crippen LogP contribution in [0.5, 0.6) is 0 Å². The van der Waals surface area contributed by atoms with Gasteiger partial charge in [0.05, 0.1) is 6.10 Å². The molecule has 9 heteroatoms. The van der Waals surface area contributed by atoms with Crippen LogP contribution < -0.4 is 16.0 Å². The molecule has 0 bridgehead atoms. The standard InChI is InChI=1S/C27H43ClN4O4/c1-3-30-25(33)19-36-26(21-9-6-11-23(28)15-21)22-10-7-12-32(17-22)27(34)31-24(16-29-2)14-20-8-4-5-13-35-18-20/h6,9,11,15,20,22,24,26,29H,3-5,7-8,10,12-14,16-19H2,1-2H3,(H,30,33)(H,31,34)/t20-,22-,24+,26+/m1/s1. The number of amides is 3. The Balaban J connectivity index is 1.64. The summed E-state index contributed by atoms with van der Waals surface area (Å²) >= 11 is 6.27. The minimum atomic E-state index is -0.321. The molecule has 2 aliphatic heterocycles. The van der Waals surface area contributed by atoms with E-state index in [1.807, 2.05) is 43.1 Å². The molecule has 0 unspecified atom stereocenters. The normalized spacial score (nSPS) is 22.4. The Morgan fingerprint density at radius 2 is 2.11 bits per heavy atom. The first-order chi connectivity index (χ1) is 17.5. The Labute approximate surface area is 220 Å². The van der Waals surface area contributed by atoms with Crippen LogP contribution in [-0.2, 0) is 14.3 Å². The third kappa shape index (κ3) is 9.21. The molecule has 36 heavy (non-hydrogen) atoms. The van der Waals surface area contributed by atoms with Crippen molar-refractivity contribution in [3.05, 3.63) is 34.9 Å². The number of likely N-dealkylation sites (tertiary alicyclic amines) is 1. The SMILES string of the molecule is CCNC(=O)CO[C@@H](c1cccc(Cl)c1)[C@@H]1CCCN(C(=O)N[C@H](CNC)C[C@H]2CCCCOC2)C1. The highest BCUT2D eigenvalue weighted by molar-refractivity contribution is 6.30. The number of carbonyl (C=O) groups is 2. The van der Waals surface area contributed by atoms with Crippen LogP contribution in [0.2, 0.25) is 5.02 Å². The first kappa shape index (κ1) is 28.7. The van der Waals surface area contributed by atoms with Crippen molar-refractivity contribution >= 4 is 23.5 Å². The molecular weight excluding hydrogens is 480 g/mol. The third-order valence-corrected chi connectivity index (χ3v) is 7.25. The van der Waals surface area contributed by atoms with Crippen molar-refractivity contribution < 1.29 is 19.1 Å². The number of urea groups is 1. The molecule has 2 saturated heterocycles. The summed E-state index contributed by atoms with van der Waals surface area (Å²) in [5.74, 6) is 0.387. The van der Waals surface area contributed by atoms with Crippen LogP contribution in [-0.4, -0.2) is 75.9 Å². The van der Waals surface area contributed by atoms with E-state index in [0.29, 0.717) is 30.6 Å². The fourth-order valence-electron chi connectivity index (χ4n) is 5.31. The third-order valence-electron chi connectivity index (χ3n) is 7.02. The molecule has 1 aromatic carbocycles. The van der Waals surface area contributed by atoms with Gasteiger partial charge in [-0.05, 0) is 69.7 Å². The van der Waals surface area contributed by atoms with E-state index in [2.05, 4.69) is 16.0 Å². The largest absolute Gasteiger partial charge is 0.381 e. The number of rotatable bonds is 11. The molecule has 0 spiro atoms. The topological polar surface area (TPSA) is 91.9 Å². The fourth-order valence-corrected chi connectivity index (χ4v) is 5.51. The van der Waals surface area contributed by atoms with E-state index in [4.69, 9.17) is 21.1 Å². The van der Waals surface area contributed by atoms with Gasteiger partial charge in [-0.1, -0.05) is 30.2 Å². The summed E-state index contributed by atoms with van der Waals surface area (Å²) < 4.78 is 11.9. The number of ether oxygens (including phenoxy) is 2. The predicted molar refractivity (Wildman–Crippen MR) is 142 cm³/mol. The maximum absolute atomic E-state index is 13.3. The van der Waals surface area contributed by atoms with Gasteiger partial charge in [0.25, 0.3) is 0 Å². The van der Waals surface area contributed by atoms with E-state index in [-0.39, 0.29) is 36.6 Å². The fraction of sp³-hybridized carbons (Fsp3) is 0.704. The molecule has 2 fully saturated rings. The lowest BCUT2D eigenvalue weighted by molar-refractivity contribution is -0.129. The zero-order valence-electron chi connectivity index (χ0n) is 21.8. The summed E-state index contributed by atoms with van der Waals surface area (Å²) in [7, 11) is 1.92. The Kier molecular flexibility index (Phi) is 12.3. The summed E-state index contributed by atoms with van der Waals surface area (Å²) in [6.45, 7) is 6.02. The van der Waals surface area contributed by atoms with Crippen LogP contribution in [0, 0.1) is 11.8 Å². The van der Waals surface area contributed by atoms with E-state index in [1.54, 1.807) is 0 Å². The minimum absolute atomic E-state index is 0.0264. The Morgan fingerprint density at radius 1 is 1.25 bits per heavy atom. The highest BCUT2D eigenvalue weighted by Crippen LogP contribution is 2.34. The first-order valence-electron chi connectivity index (χ1n) is 13.4. The number of piperidine rings is 1. The number of carbonyl (C=O) groups excluding carboxylic acids is 2. The highest BCUT2D eigenvalue weighted by atomic mass is 35.5. The molecule has 3 rings (SSSR count). The van der Waals surface area contributed by atoms with Crippen LogP contribution in [0.25, 0.3) is 0 Å². The van der Waals surface area contributed by atoms with Crippen LogP contribution in [0.1, 0.15) is 57.1 Å². The molecule has 202 valence electrons. The number of benzene rings is 1. The molecule has 4 atom stereocenters. The van der Waals surface area contributed by atoms with Crippen LogP contribution >= 0.6 is 11.6 Å². The molecule has 2 heterocycles. The molecule has 3 amide bonds. The van der Waals surface area contributed by atoms with Gasteiger partial charge >= 0.3 is 6.03 Å². The maximum atomic E-state index is 13.3. The Hall–Kier alpha value is -1.87. The second kappa shape index (κ2) is 15.4. The smallest absolute Gasteiger partial charge is 0.317 e. The summed E-state index contributed by atoms with van der Waals surface area (Å²) in [5, 5.41) is 9.91. The lowest BCUT2D eigenvalue weighted by atomic mass is 9.88. The van der Waals surface area contributed by atoms with Crippen molar-refractivity contribution in [2.75, 3.05) is 53.0 Å². The van der Waals surface area contributed by atoms with Crippen LogP contribution in [0.15, 0.2) is 24.3 Å². The summed E-state index contributed by atoms with van der Waals surface area (Å²) in [5.41, 5.74) is 0.931. The lowest BCUT2D eigenvalue weighted by Gasteiger charge is -2.38. The Bertz CT molecular complexity index is 819. The van der Waals surface area contributed by atoms with E-state index >= 15 is 0 Å². The van der Waals surface area contributed by atoms with Gasteiger partial charge < -0.3 is 30.3 Å². The van der Waals surface area contributed by atoms with E-state index in [0.717, 1.165) is 57.4 Å². The van der Waals surface area contributed by atoms with Crippen molar-refractivity contribution in [1.29, 1.82) is 0 Å². The van der Waals surface area contributed by atoms with Gasteiger partial charge in [-0.3, -0.25) is 4.79 Å². The van der Waals surface area contributed by atoms with E-state index in [1.165, 1.54) is 6.42 Å². The average molecular weight is 523 g/mol. The number of nitrogens with one attached hydrogen (secondary N) is 3. The van der Waals surface area contributed by atoms with Gasteiger partial charge in [-0.15, -0.1) is 0 Å². The summed E-state index contributed by atoms with van der Waals surface area (Å²) in [6, 6.07) is 7.60. The molecule has 0 saturated carbocycles. The van der Waals surface area contributed by atoms with Crippen molar-refractivity contribution in [1.82, 2.24) is 20.9 Å². The number of nitrogens with zero attached hydrogens (tertiary/aromatic N) is 1. The molecule has 0 radical (unpaired) electrons. The van der Waals surface area contributed by atoms with E-state index in [9.17, 15) is 9.59 Å². The van der Waals surface area contributed by atoms with Crippen molar-refractivity contribution in [2.45, 2.75) is 57.6 Å². The highest BCUT2D eigenvalue weighted by Gasteiger charge is 2.32. The van der Waals surface area contributed by atoms with Crippen LogP contribution in [0.4, 0.5) is 4.79 Å². The Morgan fingerprint density at radius 3 is 2.89 bits per heavy atom. The van der Waals surface area contributed by atoms with Gasteiger partial charge in [0, 0.05) is 56.4 Å². The van der Waals surface area contributed by atoms with Gasteiger partial charge in [0.15, 0.2) is 0 Å². The van der Waals surface area contributed by atoms with Gasteiger partial charge in [0.2, 0.25) is 5.91 Å². The summed E-state index contributed by atoms with van der Waals surface area (Å²) in [6.07, 6.45) is 5.82. The second-order valence-corrected chi connectivity index (χ2v) is 10.4. The monoisotopic (exact) mass is 522 g/mol. The number of hydrogen-bond acceptors (Lipinski definition) is 5. The van der Waals surface area contributed by atoms with Crippen LogP contribution in [0.3, 0.4) is 0 Å². The molecule has 2 aliphatic rings. The van der Waals surface area contributed by atoms with Gasteiger partial charge in [-0.25, -0.2) is 4.79 Å². The first-order valence-corrected chi connectivity index (χ1v) is 13.8. The molecule has 1 aromatic rings. The van der Waals surface area contributed by atoms with Crippen molar-refractivity contribution in [2.24, 2.45) is 11.8 Å². The maximum Gasteiger partial charge on any atom is 0.317 e. The second-order valence-electron chi connectivity index (χ2n) is 9.96. The molecule has 0 aromatic heterocycles. The minimum Gasteiger partial charge on any atom is -0.381 e. The predicted octanol–water partition coefficient (Wildman–Crippen LogP) is 3.75. The molecular formula is C27H43ClN4O4. The molecule has 8 nitrogen and oxygen atoms in total. The number of hydrogen-bond donors (Lipinski definition) is 3. The zero-order valence-corrected chi connectivity index (χ0v) is 22.5. The van der Waals surface area contributed by atoms with Gasteiger partial charge in [-0.2, -0.15) is 0 Å². The van der Waals surface area contributed by atoms with Crippen molar-refractivity contribution in [3.63, 3.8) is 0 Å². The summed E-state index contributed by atoms with van der Waals surface area (Å²) in [4.78, 5) is 27.3. The zero-order chi connectivity index (χ0) is 25.8. The number of likely N-dealkylation sites (N-methyl/N-ethyl adjacent to an activating group) is 2. The molecule has 3 N–H and O–H groups in total. The van der Waals surface area contributed by atoms with Crippen molar-refractivity contribution in [3.8, 4) is 0 Å². The quantitative estimate of drug-likeness (QED) is 0.411. The van der Waals surface area contributed by atoms with Gasteiger partial charge in [0.1, 0.15) is 6.61 Å². The number of halogens is 1. The molecule has 0 aliphatic carbocycles. The lowest BCUT2D eigenvalue weighted by Crippen LogP contribution is -2.52. The average Bonchev–Trinajstić information content (AvgIpc) is 3.13. The van der Waals surface area contributed by atoms with E-state index < -0.39 is 0 Å².